The maximum absolute atomic E-state index is 12.8. The molecule has 6 heteroatoms. The average Bonchev–Trinajstić information content (AvgIpc) is 3.33. The Morgan fingerprint density at radius 3 is 1.10 bits per heavy atom. The number of ether oxygens (including phenoxy) is 3. The van der Waals surface area contributed by atoms with Crippen molar-refractivity contribution in [3.05, 3.63) is 122 Å². The van der Waals surface area contributed by atoms with Crippen LogP contribution in [0.3, 0.4) is 0 Å². The standard InChI is InChI=1S/C61H98O6/c1-4-7-10-13-16-19-22-25-27-29-31-33-34-36-39-42-45-48-51-54-60(63)66-57-58(56-65-59(62)53-50-47-44-41-38-24-21-18-15-12-9-6-3)67-61(64)55-52-49-46-43-40-37-35-32-30-28-26-23-20-17-14-11-8-5-2/h7,9-10,12-13,16,18-19,21-22,25,27,29,31-36,39,58H,4-6,8,11,14-15,17,20,23-24,26,28,30,37-38,40-57H2,1-3H3/b10-7-,12-9-,16-13-,21-18-,22-19-,27-25-,31-29+,34-33-,35-32-,39-36-. The fourth-order valence-electron chi connectivity index (χ4n) is 7.10. The van der Waals surface area contributed by atoms with Crippen LogP contribution in [-0.4, -0.2) is 37.2 Å². The van der Waals surface area contributed by atoms with E-state index in [0.29, 0.717) is 19.3 Å². The molecule has 0 aliphatic heterocycles. The van der Waals surface area contributed by atoms with Crippen molar-refractivity contribution in [2.45, 2.75) is 232 Å². The molecule has 0 saturated heterocycles. The van der Waals surface area contributed by atoms with Gasteiger partial charge < -0.3 is 14.2 Å². The fourth-order valence-corrected chi connectivity index (χ4v) is 7.10. The highest BCUT2D eigenvalue weighted by Crippen LogP contribution is 2.14. The van der Waals surface area contributed by atoms with Crippen LogP contribution >= 0.6 is 0 Å². The van der Waals surface area contributed by atoms with Gasteiger partial charge in [0.25, 0.3) is 0 Å². The first-order valence-electron chi connectivity index (χ1n) is 27.1. The van der Waals surface area contributed by atoms with Crippen LogP contribution in [0.2, 0.25) is 0 Å². The number of carbonyl (C=O) groups is 3. The zero-order valence-corrected chi connectivity index (χ0v) is 43.1. The fraction of sp³-hybridized carbons (Fsp3) is 0.623. The SMILES string of the molecule is CC\C=C/C=C\C=C/C=C\C=C\C=C/C=C\CCCCCC(=O)OCC(COC(=O)CCCCCCC/C=C\C/C=C\CC)OC(=O)CCCCCCC/C=C\CCCCCCCCCCC. The summed E-state index contributed by atoms with van der Waals surface area (Å²) in [5, 5.41) is 0. The molecule has 0 amide bonds. The van der Waals surface area contributed by atoms with Crippen LogP contribution in [0.4, 0.5) is 0 Å². The summed E-state index contributed by atoms with van der Waals surface area (Å²) in [6, 6.07) is 0. The molecule has 0 aliphatic carbocycles. The molecule has 0 heterocycles. The molecule has 0 aromatic rings. The Balaban J connectivity index is 4.51. The van der Waals surface area contributed by atoms with Crippen LogP contribution < -0.4 is 0 Å². The van der Waals surface area contributed by atoms with Gasteiger partial charge in [-0.1, -0.05) is 239 Å². The molecule has 0 rings (SSSR count). The van der Waals surface area contributed by atoms with Gasteiger partial charge in [0.15, 0.2) is 6.10 Å². The van der Waals surface area contributed by atoms with Gasteiger partial charge in [0.1, 0.15) is 13.2 Å². The Hall–Kier alpha value is -4.19. The third kappa shape index (κ3) is 52.6. The lowest BCUT2D eigenvalue weighted by Gasteiger charge is -2.18. The molecule has 0 fully saturated rings. The summed E-state index contributed by atoms with van der Waals surface area (Å²) >= 11 is 0. The topological polar surface area (TPSA) is 78.9 Å². The second-order valence-electron chi connectivity index (χ2n) is 17.6. The molecule has 378 valence electrons. The molecule has 0 N–H and O–H groups in total. The van der Waals surface area contributed by atoms with Gasteiger partial charge >= 0.3 is 17.9 Å². The predicted octanol–water partition coefficient (Wildman–Crippen LogP) is 18.1. The largest absolute Gasteiger partial charge is 0.462 e. The van der Waals surface area contributed by atoms with E-state index in [1.807, 2.05) is 72.9 Å². The van der Waals surface area contributed by atoms with E-state index in [0.717, 1.165) is 116 Å². The maximum atomic E-state index is 12.8. The average molecular weight is 927 g/mol. The highest BCUT2D eigenvalue weighted by Gasteiger charge is 2.19. The van der Waals surface area contributed by atoms with Crippen molar-refractivity contribution in [3.63, 3.8) is 0 Å². The van der Waals surface area contributed by atoms with E-state index in [2.05, 4.69) is 69.4 Å². The first-order chi connectivity index (χ1) is 33.0. The summed E-state index contributed by atoms with van der Waals surface area (Å²) in [5.41, 5.74) is 0. The molecule has 67 heavy (non-hydrogen) atoms. The molecule has 0 radical (unpaired) electrons. The number of carbonyl (C=O) groups excluding carboxylic acids is 3. The van der Waals surface area contributed by atoms with Crippen LogP contribution in [0.15, 0.2) is 122 Å². The third-order valence-electron chi connectivity index (χ3n) is 11.1. The van der Waals surface area contributed by atoms with Crippen molar-refractivity contribution in [2.24, 2.45) is 0 Å². The van der Waals surface area contributed by atoms with E-state index in [-0.39, 0.29) is 31.1 Å². The van der Waals surface area contributed by atoms with Crippen LogP contribution in [-0.2, 0) is 28.6 Å². The van der Waals surface area contributed by atoms with E-state index in [1.165, 1.54) is 70.6 Å². The highest BCUT2D eigenvalue weighted by molar-refractivity contribution is 5.71. The van der Waals surface area contributed by atoms with Gasteiger partial charge in [0.05, 0.1) is 0 Å². The third-order valence-corrected chi connectivity index (χ3v) is 11.1. The van der Waals surface area contributed by atoms with Gasteiger partial charge in [-0.05, 0) is 89.9 Å². The van der Waals surface area contributed by atoms with Crippen LogP contribution in [0.5, 0.6) is 0 Å². The smallest absolute Gasteiger partial charge is 0.306 e. The number of unbranched alkanes of at least 4 members (excludes halogenated alkanes) is 22. The number of hydrogen-bond acceptors (Lipinski definition) is 6. The summed E-state index contributed by atoms with van der Waals surface area (Å²) in [4.78, 5) is 38.1. The van der Waals surface area contributed by atoms with Crippen molar-refractivity contribution >= 4 is 17.9 Å². The van der Waals surface area contributed by atoms with E-state index in [4.69, 9.17) is 14.2 Å². The zero-order chi connectivity index (χ0) is 48.6. The van der Waals surface area contributed by atoms with E-state index in [1.54, 1.807) is 0 Å². The van der Waals surface area contributed by atoms with Crippen molar-refractivity contribution in [1.82, 2.24) is 0 Å². The molecule has 0 spiro atoms. The van der Waals surface area contributed by atoms with E-state index >= 15 is 0 Å². The van der Waals surface area contributed by atoms with E-state index in [9.17, 15) is 14.4 Å². The lowest BCUT2D eigenvalue weighted by molar-refractivity contribution is -0.167. The molecule has 1 atom stereocenters. The summed E-state index contributed by atoms with van der Waals surface area (Å²) < 4.78 is 16.8. The van der Waals surface area contributed by atoms with Gasteiger partial charge in [-0.2, -0.15) is 0 Å². The first kappa shape index (κ1) is 62.8. The quantitative estimate of drug-likeness (QED) is 0.0199. The van der Waals surface area contributed by atoms with Gasteiger partial charge in [-0.15, -0.1) is 0 Å². The van der Waals surface area contributed by atoms with Crippen LogP contribution in [0.1, 0.15) is 226 Å². The molecule has 0 bridgehead atoms. The van der Waals surface area contributed by atoms with E-state index < -0.39 is 6.10 Å². The number of hydrogen-bond donors (Lipinski definition) is 0. The van der Waals surface area contributed by atoms with Gasteiger partial charge in [0.2, 0.25) is 0 Å². The Morgan fingerprint density at radius 1 is 0.328 bits per heavy atom. The molecule has 1 unspecified atom stereocenters. The summed E-state index contributed by atoms with van der Waals surface area (Å²) in [6.45, 7) is 6.32. The van der Waals surface area contributed by atoms with Crippen molar-refractivity contribution in [3.8, 4) is 0 Å². The Labute approximate surface area is 412 Å². The molecule has 0 aromatic carbocycles. The number of esters is 3. The van der Waals surface area contributed by atoms with Crippen molar-refractivity contribution in [1.29, 1.82) is 0 Å². The predicted molar refractivity (Wildman–Crippen MR) is 288 cm³/mol. The zero-order valence-electron chi connectivity index (χ0n) is 43.1. The molecule has 0 aliphatic rings. The van der Waals surface area contributed by atoms with Gasteiger partial charge in [-0.3, -0.25) is 14.4 Å². The molecular weight excluding hydrogens is 829 g/mol. The normalized spacial score (nSPS) is 13.1. The first-order valence-corrected chi connectivity index (χ1v) is 27.1. The Morgan fingerprint density at radius 2 is 0.657 bits per heavy atom. The minimum atomic E-state index is -0.811. The summed E-state index contributed by atoms with van der Waals surface area (Å²) in [6.07, 6.45) is 74.7. The summed E-state index contributed by atoms with van der Waals surface area (Å²) in [5.74, 6) is -0.980. The van der Waals surface area contributed by atoms with Crippen molar-refractivity contribution < 1.29 is 28.6 Å². The molecule has 0 saturated carbocycles. The molecule has 0 aromatic heterocycles. The lowest BCUT2D eigenvalue weighted by atomic mass is 10.1. The number of rotatable bonds is 47. The maximum Gasteiger partial charge on any atom is 0.306 e. The number of allylic oxidation sites excluding steroid dienone is 20. The second-order valence-corrected chi connectivity index (χ2v) is 17.6. The van der Waals surface area contributed by atoms with Crippen LogP contribution in [0.25, 0.3) is 0 Å². The Bertz CT molecular complexity index is 1440. The summed E-state index contributed by atoms with van der Waals surface area (Å²) in [7, 11) is 0. The highest BCUT2D eigenvalue weighted by atomic mass is 16.6. The van der Waals surface area contributed by atoms with Gasteiger partial charge in [-0.25, -0.2) is 0 Å². The second kappa shape index (κ2) is 54.4. The van der Waals surface area contributed by atoms with Crippen molar-refractivity contribution in [2.75, 3.05) is 13.2 Å². The Kier molecular flexibility index (Phi) is 51.0. The lowest BCUT2D eigenvalue weighted by Crippen LogP contribution is -2.30. The molecular formula is C61H98O6. The monoisotopic (exact) mass is 927 g/mol. The molecule has 6 nitrogen and oxygen atoms in total. The minimum absolute atomic E-state index is 0.107. The minimum Gasteiger partial charge on any atom is -0.462 e. The van der Waals surface area contributed by atoms with Crippen LogP contribution in [0, 0.1) is 0 Å². The van der Waals surface area contributed by atoms with Gasteiger partial charge in [0, 0.05) is 19.3 Å².